The van der Waals surface area contributed by atoms with Gasteiger partial charge in [-0.3, -0.25) is 4.79 Å². The number of unbranched alkanes of at least 4 members (excludes halogenated alkanes) is 1. The lowest BCUT2D eigenvalue weighted by Crippen LogP contribution is -2.65. The van der Waals surface area contributed by atoms with Crippen molar-refractivity contribution in [3.05, 3.63) is 46.0 Å². The Morgan fingerprint density at radius 2 is 1.57 bits per heavy atom. The number of hydrogen-bond acceptors (Lipinski definition) is 2. The van der Waals surface area contributed by atoms with Crippen molar-refractivity contribution in [3.8, 4) is 0 Å². The Morgan fingerprint density at radius 1 is 0.857 bits per heavy atom. The lowest BCUT2D eigenvalue weighted by Gasteiger charge is -2.72. The number of allylic oxidation sites excluding steroid dienone is 2. The minimum Gasteiger partial charge on any atom is -0.393 e. The van der Waals surface area contributed by atoms with E-state index in [-0.39, 0.29) is 27.8 Å². The van der Waals surface area contributed by atoms with Gasteiger partial charge in [-0.1, -0.05) is 84.2 Å². The first kappa shape index (κ1) is 30.9. The zero-order valence-electron chi connectivity index (χ0n) is 27.6. The predicted molar refractivity (Wildman–Crippen MR) is 174 cm³/mol. The third kappa shape index (κ3) is 4.38. The van der Waals surface area contributed by atoms with Crippen LogP contribution in [-0.4, -0.2) is 17.0 Å². The fraction of sp³-hybridized carbons (Fsp3) is 0.769. The minimum atomic E-state index is -0.176. The van der Waals surface area contributed by atoms with Crippen molar-refractivity contribution >= 4 is 17.4 Å². The van der Waals surface area contributed by atoms with Gasteiger partial charge in [0.1, 0.15) is 0 Å². The molecule has 0 unspecified atom stereocenters. The normalized spacial score (nSPS) is 42.7. The molecule has 0 amide bonds. The van der Waals surface area contributed by atoms with E-state index in [0.717, 1.165) is 30.7 Å². The Kier molecular flexibility index (Phi) is 7.70. The number of carbonyl (C=O) groups is 1. The third-order valence-corrected chi connectivity index (χ3v) is 15.1. The van der Waals surface area contributed by atoms with Crippen LogP contribution in [0.4, 0.5) is 0 Å². The monoisotopic (exact) mass is 592 g/mol. The average molecular weight is 593 g/mol. The number of Topliss-reactive ketones (excluding diaryl/α,β-unsaturated/α-hetero) is 1. The first-order valence-corrected chi connectivity index (χ1v) is 17.8. The number of aliphatic hydroxyl groups is 1. The largest absolute Gasteiger partial charge is 0.393 e. The first-order valence-electron chi connectivity index (χ1n) is 17.4. The Hall–Kier alpha value is -1.12. The molecule has 5 aliphatic carbocycles. The molecule has 1 aromatic rings. The van der Waals surface area contributed by atoms with E-state index in [4.69, 9.17) is 11.6 Å². The number of aryl methyl sites for hydroxylation is 1. The van der Waals surface area contributed by atoms with Crippen LogP contribution in [0.2, 0.25) is 5.02 Å². The summed E-state index contributed by atoms with van der Waals surface area (Å²) in [5, 5.41) is 11.9. The average Bonchev–Trinajstić information content (AvgIpc) is 3.23. The highest BCUT2D eigenvalue weighted by Gasteiger charge is 2.69. The Morgan fingerprint density at radius 3 is 2.26 bits per heavy atom. The summed E-state index contributed by atoms with van der Waals surface area (Å²) in [6.45, 7) is 17.2. The SMILES string of the molecule is CC(C)C1=C2[C@H]3CC[C@@H]4[C@@]5(C)CC[C@H](O)C(C)(C)[C@@H]5CC[C@@]4(C)[C@]3(C)CC[C@@]2(CCCCc2ccc(Cl)cc2)CC1=O. The molecule has 2 nitrogen and oxygen atoms in total. The highest BCUT2D eigenvalue weighted by molar-refractivity contribution is 6.30. The lowest BCUT2D eigenvalue weighted by atomic mass is 9.33. The standard InChI is InChI=1S/C39H57ClO2/c1-25(2)33-29(41)24-39(19-9-8-10-26-11-13-27(40)14-12-26)23-22-37(6)28(34(33)39)15-16-31-36(5)20-18-32(42)35(3,4)30(36)17-21-38(31,37)7/h11-14,25,28,30-32,42H,8-10,15-24H2,1-7H3/t28-,30+,31-,32+,36+,37-,38-,39+/m1/s1. The summed E-state index contributed by atoms with van der Waals surface area (Å²) in [5.74, 6) is 2.60. The first-order chi connectivity index (χ1) is 19.7. The highest BCUT2D eigenvalue weighted by atomic mass is 35.5. The van der Waals surface area contributed by atoms with Gasteiger partial charge in [0, 0.05) is 11.4 Å². The molecule has 0 aromatic heterocycles. The van der Waals surface area contributed by atoms with Crippen molar-refractivity contribution in [2.75, 3.05) is 0 Å². The molecule has 5 aliphatic rings. The van der Waals surface area contributed by atoms with Crippen molar-refractivity contribution < 1.29 is 9.90 Å². The van der Waals surface area contributed by atoms with E-state index in [9.17, 15) is 9.90 Å². The van der Waals surface area contributed by atoms with Crippen molar-refractivity contribution in [2.45, 2.75) is 138 Å². The third-order valence-electron chi connectivity index (χ3n) is 14.8. The van der Waals surface area contributed by atoms with Crippen LogP contribution in [0.15, 0.2) is 35.4 Å². The van der Waals surface area contributed by atoms with E-state index >= 15 is 0 Å². The molecule has 232 valence electrons. The number of benzene rings is 1. The number of rotatable bonds is 6. The van der Waals surface area contributed by atoms with E-state index < -0.39 is 0 Å². The summed E-state index contributed by atoms with van der Waals surface area (Å²) in [5.41, 5.74) is 5.11. The molecule has 4 fully saturated rings. The van der Waals surface area contributed by atoms with Gasteiger partial charge in [-0.15, -0.1) is 0 Å². The number of hydrogen-bond donors (Lipinski definition) is 1. The molecule has 42 heavy (non-hydrogen) atoms. The maximum atomic E-state index is 13.9. The quantitative estimate of drug-likeness (QED) is 0.334. The molecular formula is C39H57ClO2. The summed E-state index contributed by atoms with van der Waals surface area (Å²) < 4.78 is 0. The molecule has 0 spiro atoms. The molecule has 0 saturated heterocycles. The Bertz CT molecular complexity index is 1240. The molecule has 0 bridgehead atoms. The maximum Gasteiger partial charge on any atom is 0.159 e. The fourth-order valence-electron chi connectivity index (χ4n) is 12.5. The number of carbonyl (C=O) groups excluding carboxylic acids is 1. The van der Waals surface area contributed by atoms with Gasteiger partial charge >= 0.3 is 0 Å². The number of halogens is 1. The molecule has 0 radical (unpaired) electrons. The second-order valence-corrected chi connectivity index (χ2v) is 17.6. The predicted octanol–water partition coefficient (Wildman–Crippen LogP) is 10.4. The van der Waals surface area contributed by atoms with Gasteiger partial charge in [0.05, 0.1) is 6.10 Å². The van der Waals surface area contributed by atoms with Gasteiger partial charge in [-0.05, 0) is 145 Å². The van der Waals surface area contributed by atoms with Crippen LogP contribution < -0.4 is 0 Å². The fourth-order valence-corrected chi connectivity index (χ4v) is 12.6. The van der Waals surface area contributed by atoms with Crippen LogP contribution in [0, 0.1) is 50.7 Å². The van der Waals surface area contributed by atoms with Crippen LogP contribution >= 0.6 is 11.6 Å². The van der Waals surface area contributed by atoms with Gasteiger partial charge in [0.15, 0.2) is 5.78 Å². The smallest absolute Gasteiger partial charge is 0.159 e. The number of fused-ring (bicyclic) bond motifs is 7. The van der Waals surface area contributed by atoms with E-state index in [1.54, 1.807) is 5.57 Å². The van der Waals surface area contributed by atoms with E-state index in [1.165, 1.54) is 68.9 Å². The van der Waals surface area contributed by atoms with Crippen LogP contribution in [0.25, 0.3) is 0 Å². The molecule has 8 atom stereocenters. The molecule has 6 rings (SSSR count). The molecule has 1 aromatic carbocycles. The molecule has 1 N–H and O–H groups in total. The van der Waals surface area contributed by atoms with Gasteiger partial charge in [-0.2, -0.15) is 0 Å². The van der Waals surface area contributed by atoms with E-state index in [1.807, 2.05) is 12.1 Å². The molecule has 0 aliphatic heterocycles. The van der Waals surface area contributed by atoms with Crippen molar-refractivity contribution in [1.82, 2.24) is 0 Å². The summed E-state index contributed by atoms with van der Waals surface area (Å²) in [6.07, 6.45) is 14.8. The van der Waals surface area contributed by atoms with Crippen LogP contribution in [0.5, 0.6) is 0 Å². The van der Waals surface area contributed by atoms with Gasteiger partial charge in [0.25, 0.3) is 0 Å². The highest BCUT2D eigenvalue weighted by Crippen LogP contribution is 2.77. The summed E-state index contributed by atoms with van der Waals surface area (Å²) >= 11 is 6.12. The van der Waals surface area contributed by atoms with Crippen LogP contribution in [0.1, 0.15) is 131 Å². The maximum absolute atomic E-state index is 13.9. The van der Waals surface area contributed by atoms with E-state index in [0.29, 0.717) is 34.9 Å². The van der Waals surface area contributed by atoms with E-state index in [2.05, 4.69) is 60.6 Å². The molecule has 3 heteroatoms. The summed E-state index contributed by atoms with van der Waals surface area (Å²) in [6, 6.07) is 8.33. The van der Waals surface area contributed by atoms with Crippen molar-refractivity contribution in [2.24, 2.45) is 50.7 Å². The van der Waals surface area contributed by atoms with Crippen LogP contribution in [0.3, 0.4) is 0 Å². The molecule has 0 heterocycles. The number of aliphatic hydroxyl groups excluding tert-OH is 1. The zero-order valence-corrected chi connectivity index (χ0v) is 28.4. The van der Waals surface area contributed by atoms with Crippen LogP contribution in [-0.2, 0) is 11.2 Å². The summed E-state index contributed by atoms with van der Waals surface area (Å²) in [4.78, 5) is 13.9. The lowest BCUT2D eigenvalue weighted by molar-refractivity contribution is -0.228. The minimum absolute atomic E-state index is 0.00890. The van der Waals surface area contributed by atoms with Gasteiger partial charge in [-0.25, -0.2) is 0 Å². The van der Waals surface area contributed by atoms with Gasteiger partial charge in [0.2, 0.25) is 0 Å². The second-order valence-electron chi connectivity index (χ2n) is 17.2. The van der Waals surface area contributed by atoms with Crippen molar-refractivity contribution in [1.29, 1.82) is 0 Å². The second kappa shape index (κ2) is 10.5. The zero-order chi connectivity index (χ0) is 30.3. The Labute approximate surface area is 261 Å². The van der Waals surface area contributed by atoms with Crippen molar-refractivity contribution in [3.63, 3.8) is 0 Å². The molecule has 4 saturated carbocycles. The summed E-state index contributed by atoms with van der Waals surface area (Å²) in [7, 11) is 0. The Balaban J connectivity index is 1.30. The van der Waals surface area contributed by atoms with Gasteiger partial charge < -0.3 is 5.11 Å². The number of ketones is 1. The topological polar surface area (TPSA) is 37.3 Å². The molecular weight excluding hydrogens is 536 g/mol.